The third-order valence-electron chi connectivity index (χ3n) is 4.15. The molecule has 8 heteroatoms. The average molecular weight is 347 g/mol. The summed E-state index contributed by atoms with van der Waals surface area (Å²) in [6.45, 7) is 5.99. The van der Waals surface area contributed by atoms with E-state index in [9.17, 15) is 14.7 Å². The molecule has 1 aromatic heterocycles. The number of benzene rings is 1. The lowest BCUT2D eigenvalue weighted by molar-refractivity contribution is -0.786. The van der Waals surface area contributed by atoms with Gasteiger partial charge in [0.15, 0.2) is 0 Å². The van der Waals surface area contributed by atoms with E-state index in [-0.39, 0.29) is 30.1 Å². The number of aromatic nitrogens is 2. The van der Waals surface area contributed by atoms with Gasteiger partial charge >= 0.3 is 0 Å². The minimum atomic E-state index is -0.640. The molecular weight excluding hydrogens is 325 g/mol. The summed E-state index contributed by atoms with van der Waals surface area (Å²) < 4.78 is 13.5. The molecule has 0 amide bonds. The Morgan fingerprint density at radius 1 is 1.40 bits per heavy atom. The maximum Gasteiger partial charge on any atom is 0.237 e. The monoisotopic (exact) mass is 347 g/mol. The van der Waals surface area contributed by atoms with Crippen molar-refractivity contribution >= 4 is 11.8 Å². The Kier molecular flexibility index (Phi) is 4.70. The number of fused-ring (bicyclic) bond motifs is 1. The first-order chi connectivity index (χ1) is 11.8. The number of hydrogen-bond donors (Lipinski definition) is 4. The maximum absolute atomic E-state index is 13.5. The van der Waals surface area contributed by atoms with Crippen LogP contribution in [0.25, 0.3) is 11.3 Å². The van der Waals surface area contributed by atoms with Gasteiger partial charge in [0, 0.05) is 12.1 Å². The molecule has 0 bridgehead atoms. The Hall–Kier alpha value is -2.13. The van der Waals surface area contributed by atoms with Crippen LogP contribution in [0.4, 0.5) is 16.2 Å². The zero-order valence-electron chi connectivity index (χ0n) is 14.5. The molecule has 2 aromatic rings. The first kappa shape index (κ1) is 17.7. The second kappa shape index (κ2) is 6.64. The van der Waals surface area contributed by atoms with E-state index in [0.29, 0.717) is 23.6 Å². The van der Waals surface area contributed by atoms with E-state index in [1.165, 1.54) is 12.1 Å². The molecule has 1 aliphatic rings. The molecule has 0 saturated carbocycles. The standard InChI is InChI=1S/C17H22FN5O2/c1-10-6-11(18)4-5-12(10)14-13-7-19-9-23(25)15(13)21-16(20-14)22-17(2,3)8-24/h4-6,19,23-24H,7-9H2,1-3H3,(H,20,21,22). The van der Waals surface area contributed by atoms with Crippen LogP contribution in [0.2, 0.25) is 0 Å². The lowest BCUT2D eigenvalue weighted by atomic mass is 10.0. The van der Waals surface area contributed by atoms with Gasteiger partial charge in [0.1, 0.15) is 12.5 Å². The van der Waals surface area contributed by atoms with E-state index < -0.39 is 5.54 Å². The van der Waals surface area contributed by atoms with Crippen molar-refractivity contribution in [3.05, 3.63) is 40.4 Å². The lowest BCUT2D eigenvalue weighted by Crippen LogP contribution is -3.05. The highest BCUT2D eigenvalue weighted by Crippen LogP contribution is 2.30. The normalized spacial score (nSPS) is 17.3. The van der Waals surface area contributed by atoms with Gasteiger partial charge in [-0.05, 0) is 44.5 Å². The van der Waals surface area contributed by atoms with Gasteiger partial charge in [-0.25, -0.2) is 9.37 Å². The molecule has 134 valence electrons. The average Bonchev–Trinajstić information content (AvgIpc) is 2.55. The SMILES string of the molecule is Cc1cc(F)ccc1-c1nc(NC(C)(C)CO)nc2c1CNC[NH+]2[O-]. The number of aryl methyl sites for hydroxylation is 1. The highest BCUT2D eigenvalue weighted by Gasteiger charge is 2.27. The van der Waals surface area contributed by atoms with E-state index >= 15 is 0 Å². The van der Waals surface area contributed by atoms with Crippen molar-refractivity contribution in [2.75, 3.05) is 18.6 Å². The van der Waals surface area contributed by atoms with Crippen LogP contribution in [-0.2, 0) is 6.54 Å². The first-order valence-corrected chi connectivity index (χ1v) is 8.11. The Balaban J connectivity index is 2.17. The number of hydroxylamine groups is 1. The van der Waals surface area contributed by atoms with Crippen LogP contribution in [0.15, 0.2) is 18.2 Å². The Labute approximate surface area is 145 Å². The van der Waals surface area contributed by atoms with Crippen LogP contribution < -0.4 is 15.7 Å². The molecule has 4 N–H and O–H groups in total. The summed E-state index contributed by atoms with van der Waals surface area (Å²) in [5, 5.41) is 27.8. The quantitative estimate of drug-likeness (QED) is 0.612. The fourth-order valence-corrected chi connectivity index (χ4v) is 2.78. The van der Waals surface area contributed by atoms with Crippen molar-refractivity contribution in [3.8, 4) is 11.3 Å². The van der Waals surface area contributed by atoms with Crippen LogP contribution in [0.5, 0.6) is 0 Å². The largest absolute Gasteiger partial charge is 0.627 e. The summed E-state index contributed by atoms with van der Waals surface area (Å²) >= 11 is 0. The second-order valence-electron chi connectivity index (χ2n) is 6.88. The molecule has 3 rings (SSSR count). The maximum atomic E-state index is 13.5. The number of nitrogens with zero attached hydrogens (tertiary/aromatic N) is 2. The fourth-order valence-electron chi connectivity index (χ4n) is 2.78. The highest BCUT2D eigenvalue weighted by atomic mass is 19.1. The number of halogens is 1. The van der Waals surface area contributed by atoms with Crippen LogP contribution in [-0.4, -0.2) is 33.9 Å². The number of hydrogen-bond acceptors (Lipinski definition) is 6. The van der Waals surface area contributed by atoms with Gasteiger partial charge in [-0.1, -0.05) is 0 Å². The van der Waals surface area contributed by atoms with Crippen molar-refractivity contribution in [1.82, 2.24) is 15.3 Å². The highest BCUT2D eigenvalue weighted by molar-refractivity contribution is 5.71. The van der Waals surface area contributed by atoms with Crippen molar-refractivity contribution in [3.63, 3.8) is 0 Å². The van der Waals surface area contributed by atoms with E-state index in [1.807, 2.05) is 13.8 Å². The minimum Gasteiger partial charge on any atom is -0.627 e. The Bertz CT molecular complexity index is 797. The van der Waals surface area contributed by atoms with Crippen LogP contribution >= 0.6 is 0 Å². The molecule has 0 aliphatic carbocycles. The number of quaternary nitrogens is 1. The number of rotatable bonds is 4. The number of anilines is 1. The molecule has 0 saturated heterocycles. The van der Waals surface area contributed by atoms with Crippen LogP contribution in [0, 0.1) is 17.9 Å². The summed E-state index contributed by atoms with van der Waals surface area (Å²) in [5.41, 5.74) is 2.14. The van der Waals surface area contributed by atoms with Crippen molar-refractivity contribution in [2.24, 2.45) is 0 Å². The van der Waals surface area contributed by atoms with Gasteiger partial charge in [-0.3, -0.25) is 5.32 Å². The minimum absolute atomic E-state index is 0.116. The molecular formula is C17H22FN5O2. The van der Waals surface area contributed by atoms with Crippen LogP contribution in [0.1, 0.15) is 25.0 Å². The zero-order valence-corrected chi connectivity index (χ0v) is 14.5. The van der Waals surface area contributed by atoms with Gasteiger partial charge < -0.3 is 20.7 Å². The topological polar surface area (TPSA) is 97.6 Å². The van der Waals surface area contributed by atoms with Gasteiger partial charge in [0.05, 0.1) is 23.4 Å². The zero-order chi connectivity index (χ0) is 18.2. The predicted octanol–water partition coefficient (Wildman–Crippen LogP) is 0.849. The van der Waals surface area contributed by atoms with E-state index in [0.717, 1.165) is 11.1 Å². The molecule has 0 spiro atoms. The lowest BCUT2D eigenvalue weighted by Gasteiger charge is -2.30. The van der Waals surface area contributed by atoms with Gasteiger partial charge in [0.2, 0.25) is 11.8 Å². The third kappa shape index (κ3) is 3.62. The van der Waals surface area contributed by atoms with Crippen molar-refractivity contribution in [1.29, 1.82) is 0 Å². The predicted molar refractivity (Wildman–Crippen MR) is 92.6 cm³/mol. The van der Waals surface area contributed by atoms with E-state index in [1.54, 1.807) is 13.0 Å². The number of aliphatic hydroxyl groups excluding tert-OH is 1. The molecule has 1 atom stereocenters. The van der Waals surface area contributed by atoms with Gasteiger partial charge in [-0.15, -0.1) is 0 Å². The summed E-state index contributed by atoms with van der Waals surface area (Å²) in [7, 11) is 0. The smallest absolute Gasteiger partial charge is 0.237 e. The number of aliphatic hydroxyl groups is 1. The third-order valence-corrected chi connectivity index (χ3v) is 4.15. The molecule has 7 nitrogen and oxygen atoms in total. The summed E-state index contributed by atoms with van der Waals surface area (Å²) in [5.74, 6) is 0.314. The molecule has 0 fully saturated rings. The molecule has 1 aliphatic heterocycles. The summed E-state index contributed by atoms with van der Waals surface area (Å²) in [6, 6.07) is 4.47. The molecule has 1 aromatic carbocycles. The van der Waals surface area contributed by atoms with Gasteiger partial charge in [-0.2, -0.15) is 4.98 Å². The first-order valence-electron chi connectivity index (χ1n) is 8.11. The summed E-state index contributed by atoms with van der Waals surface area (Å²) in [6.07, 6.45) is 0. The van der Waals surface area contributed by atoms with Crippen molar-refractivity contribution < 1.29 is 14.6 Å². The molecule has 2 heterocycles. The fraction of sp³-hybridized carbons (Fsp3) is 0.412. The molecule has 25 heavy (non-hydrogen) atoms. The number of nitrogens with one attached hydrogen (secondary N) is 3. The molecule has 0 radical (unpaired) electrons. The Morgan fingerprint density at radius 3 is 2.84 bits per heavy atom. The van der Waals surface area contributed by atoms with E-state index in [2.05, 4.69) is 20.6 Å². The Morgan fingerprint density at radius 2 is 2.16 bits per heavy atom. The summed E-state index contributed by atoms with van der Waals surface area (Å²) in [4.78, 5) is 8.93. The second-order valence-corrected chi connectivity index (χ2v) is 6.88. The van der Waals surface area contributed by atoms with Crippen molar-refractivity contribution in [2.45, 2.75) is 32.9 Å². The van der Waals surface area contributed by atoms with Crippen LogP contribution in [0.3, 0.4) is 0 Å². The van der Waals surface area contributed by atoms with E-state index in [4.69, 9.17) is 0 Å². The molecule has 1 unspecified atom stereocenters. The van der Waals surface area contributed by atoms with Gasteiger partial charge in [0.25, 0.3) is 0 Å².